The molecule has 1 aliphatic rings. The Morgan fingerprint density at radius 1 is 0.862 bits per heavy atom. The van der Waals surface area contributed by atoms with E-state index >= 15 is 0 Å². The van der Waals surface area contributed by atoms with Crippen LogP contribution in [0.5, 0.6) is 0 Å². The number of hydrogen-bond acceptors (Lipinski definition) is 4. The van der Waals surface area contributed by atoms with Crippen LogP contribution in [0.2, 0.25) is 0 Å². The molecule has 1 amide bonds. The van der Waals surface area contributed by atoms with Gasteiger partial charge in [-0.15, -0.1) is 0 Å². The quantitative estimate of drug-likeness (QED) is 0.719. The molecule has 7 heteroatoms. The third-order valence-electron chi connectivity index (χ3n) is 5.21. The number of anilines is 1. The van der Waals surface area contributed by atoms with Crippen LogP contribution in [0.1, 0.15) is 10.4 Å². The zero-order valence-electron chi connectivity index (χ0n) is 16.2. The van der Waals surface area contributed by atoms with E-state index in [1.165, 1.54) is 0 Å². The van der Waals surface area contributed by atoms with Crippen molar-refractivity contribution in [3.05, 3.63) is 72.3 Å². The second-order valence-electron chi connectivity index (χ2n) is 7.29. The fourth-order valence-electron chi connectivity index (χ4n) is 3.42. The highest BCUT2D eigenvalue weighted by Gasteiger charge is 2.20. The molecule has 3 aromatic rings. The first-order chi connectivity index (χ1) is 13.9. The first kappa shape index (κ1) is 19.4. The molecule has 0 aromatic heterocycles. The Balaban J connectivity index is 1.49. The molecule has 6 nitrogen and oxygen atoms in total. The highest BCUT2D eigenvalue weighted by atomic mass is 32.2. The Morgan fingerprint density at radius 2 is 1.52 bits per heavy atom. The average Bonchev–Trinajstić information content (AvgIpc) is 2.74. The molecule has 1 heterocycles. The van der Waals surface area contributed by atoms with Gasteiger partial charge in [0, 0.05) is 37.4 Å². The number of nitrogens with one attached hydrogen (secondary N) is 1. The van der Waals surface area contributed by atoms with Gasteiger partial charge in [0.25, 0.3) is 15.9 Å². The van der Waals surface area contributed by atoms with Crippen molar-refractivity contribution in [2.24, 2.45) is 0 Å². The molecule has 0 bridgehead atoms. The van der Waals surface area contributed by atoms with Gasteiger partial charge < -0.3 is 9.80 Å². The largest absolute Gasteiger partial charge is 0.336 e. The number of fused-ring (bicyclic) bond motifs is 1. The lowest BCUT2D eigenvalue weighted by atomic mass is 10.1. The number of amides is 1. The Hall–Kier alpha value is -2.90. The predicted molar refractivity (Wildman–Crippen MR) is 115 cm³/mol. The van der Waals surface area contributed by atoms with Crippen molar-refractivity contribution in [1.29, 1.82) is 0 Å². The summed E-state index contributed by atoms with van der Waals surface area (Å²) in [5, 5.41) is 1.85. The highest BCUT2D eigenvalue weighted by molar-refractivity contribution is 7.92. The van der Waals surface area contributed by atoms with Crippen molar-refractivity contribution in [2.75, 3.05) is 37.9 Å². The van der Waals surface area contributed by atoms with Gasteiger partial charge in [-0.1, -0.05) is 30.3 Å². The van der Waals surface area contributed by atoms with E-state index in [4.69, 9.17) is 0 Å². The van der Waals surface area contributed by atoms with Gasteiger partial charge in [0.05, 0.1) is 4.90 Å². The number of sulfonamides is 1. The first-order valence-corrected chi connectivity index (χ1v) is 11.0. The summed E-state index contributed by atoms with van der Waals surface area (Å²) < 4.78 is 28.1. The van der Waals surface area contributed by atoms with E-state index in [-0.39, 0.29) is 10.8 Å². The average molecular weight is 410 g/mol. The molecular formula is C22H23N3O3S. The van der Waals surface area contributed by atoms with Gasteiger partial charge in [-0.25, -0.2) is 8.42 Å². The van der Waals surface area contributed by atoms with Crippen LogP contribution in [0.15, 0.2) is 71.6 Å². The number of piperazine rings is 1. The summed E-state index contributed by atoms with van der Waals surface area (Å²) in [5.74, 6) is -0.0259. The fourth-order valence-corrected chi connectivity index (χ4v) is 4.52. The third kappa shape index (κ3) is 4.26. The van der Waals surface area contributed by atoms with E-state index in [9.17, 15) is 13.2 Å². The molecule has 3 aromatic carbocycles. The molecule has 1 saturated heterocycles. The maximum atomic E-state index is 12.8. The van der Waals surface area contributed by atoms with Crippen LogP contribution in [0.3, 0.4) is 0 Å². The van der Waals surface area contributed by atoms with Crippen molar-refractivity contribution < 1.29 is 13.2 Å². The number of nitrogens with zero attached hydrogens (tertiary/aromatic N) is 2. The molecule has 0 saturated carbocycles. The van der Waals surface area contributed by atoms with E-state index in [0.717, 1.165) is 23.9 Å². The molecule has 0 unspecified atom stereocenters. The first-order valence-electron chi connectivity index (χ1n) is 9.52. The summed E-state index contributed by atoms with van der Waals surface area (Å²) in [4.78, 5) is 16.8. The van der Waals surface area contributed by atoms with Crippen LogP contribution < -0.4 is 4.72 Å². The minimum Gasteiger partial charge on any atom is -0.336 e. The Kier molecular flexibility index (Phi) is 5.25. The van der Waals surface area contributed by atoms with Gasteiger partial charge in [0.1, 0.15) is 0 Å². The lowest BCUT2D eigenvalue weighted by Crippen LogP contribution is -2.47. The van der Waals surface area contributed by atoms with Crippen LogP contribution in [-0.4, -0.2) is 57.4 Å². The summed E-state index contributed by atoms with van der Waals surface area (Å²) in [7, 11) is -1.68. The molecule has 1 fully saturated rings. The monoisotopic (exact) mass is 409 g/mol. The summed E-state index contributed by atoms with van der Waals surface area (Å²) >= 11 is 0. The standard InChI is InChI=1S/C22H23N3O3S/c1-24-12-14-25(15-13-24)22(26)18-6-9-20(10-7-18)23-29(27,28)21-11-8-17-4-2-3-5-19(17)16-21/h2-11,16,23H,12-15H2,1H3. The van der Waals surface area contributed by atoms with Crippen molar-refractivity contribution >= 4 is 32.4 Å². The van der Waals surface area contributed by atoms with Crippen LogP contribution in [-0.2, 0) is 10.0 Å². The van der Waals surface area contributed by atoms with Crippen molar-refractivity contribution in [2.45, 2.75) is 4.90 Å². The van der Waals surface area contributed by atoms with E-state index < -0.39 is 10.0 Å². The number of likely N-dealkylation sites (N-methyl/N-ethyl adjacent to an activating group) is 1. The maximum absolute atomic E-state index is 12.8. The van der Waals surface area contributed by atoms with Gasteiger partial charge in [-0.05, 0) is 54.2 Å². The molecule has 0 aliphatic carbocycles. The molecule has 1 aliphatic heterocycles. The number of hydrogen-bond donors (Lipinski definition) is 1. The SMILES string of the molecule is CN1CCN(C(=O)c2ccc(NS(=O)(=O)c3ccc4ccccc4c3)cc2)CC1. The molecule has 29 heavy (non-hydrogen) atoms. The normalized spacial score (nSPS) is 15.4. The Bertz CT molecular complexity index is 1140. The molecule has 4 rings (SSSR count). The topological polar surface area (TPSA) is 69.7 Å². The third-order valence-corrected chi connectivity index (χ3v) is 6.58. The van der Waals surface area contributed by atoms with Crippen LogP contribution in [0, 0.1) is 0 Å². The summed E-state index contributed by atoms with van der Waals surface area (Å²) in [6.45, 7) is 3.11. The zero-order valence-corrected chi connectivity index (χ0v) is 17.0. The van der Waals surface area contributed by atoms with Crippen molar-refractivity contribution in [3.63, 3.8) is 0 Å². The minimum absolute atomic E-state index is 0.0259. The maximum Gasteiger partial charge on any atom is 0.261 e. The minimum atomic E-state index is -3.72. The molecule has 150 valence electrons. The molecule has 0 atom stereocenters. The lowest BCUT2D eigenvalue weighted by Gasteiger charge is -2.32. The van der Waals surface area contributed by atoms with Gasteiger partial charge in [-0.3, -0.25) is 9.52 Å². The van der Waals surface area contributed by atoms with Crippen molar-refractivity contribution in [1.82, 2.24) is 9.80 Å². The number of benzene rings is 3. The van der Waals surface area contributed by atoms with Crippen LogP contribution >= 0.6 is 0 Å². The van der Waals surface area contributed by atoms with E-state index in [2.05, 4.69) is 9.62 Å². The number of carbonyl (C=O) groups is 1. The van der Waals surface area contributed by atoms with E-state index in [0.29, 0.717) is 24.3 Å². The summed E-state index contributed by atoms with van der Waals surface area (Å²) in [6, 6.07) is 19.2. The second kappa shape index (κ2) is 7.85. The lowest BCUT2D eigenvalue weighted by molar-refractivity contribution is 0.0664. The van der Waals surface area contributed by atoms with Crippen LogP contribution in [0.25, 0.3) is 10.8 Å². The molecule has 1 N–H and O–H groups in total. The predicted octanol–water partition coefficient (Wildman–Crippen LogP) is 3.03. The summed E-state index contributed by atoms with van der Waals surface area (Å²) in [5.41, 5.74) is 0.983. The number of carbonyl (C=O) groups excluding carboxylic acids is 1. The second-order valence-corrected chi connectivity index (χ2v) is 8.97. The number of rotatable bonds is 4. The fraction of sp³-hybridized carbons (Fsp3) is 0.227. The van der Waals surface area contributed by atoms with E-state index in [1.807, 2.05) is 36.2 Å². The Morgan fingerprint density at radius 3 is 2.21 bits per heavy atom. The smallest absolute Gasteiger partial charge is 0.261 e. The highest BCUT2D eigenvalue weighted by Crippen LogP contribution is 2.22. The Labute approximate surface area is 170 Å². The van der Waals surface area contributed by atoms with E-state index in [1.54, 1.807) is 42.5 Å². The van der Waals surface area contributed by atoms with Gasteiger partial charge >= 0.3 is 0 Å². The molecule has 0 spiro atoms. The molecular weight excluding hydrogens is 386 g/mol. The van der Waals surface area contributed by atoms with Gasteiger partial charge in [0.15, 0.2) is 0 Å². The summed E-state index contributed by atoms with van der Waals surface area (Å²) in [6.07, 6.45) is 0. The van der Waals surface area contributed by atoms with Gasteiger partial charge in [-0.2, -0.15) is 0 Å². The van der Waals surface area contributed by atoms with Gasteiger partial charge in [0.2, 0.25) is 0 Å². The zero-order chi connectivity index (χ0) is 20.4. The van der Waals surface area contributed by atoms with Crippen LogP contribution in [0.4, 0.5) is 5.69 Å². The van der Waals surface area contributed by atoms with Crippen molar-refractivity contribution in [3.8, 4) is 0 Å². The molecule has 0 radical (unpaired) electrons.